The summed E-state index contributed by atoms with van der Waals surface area (Å²) in [5.74, 6) is 0.0152. The Kier molecular flexibility index (Phi) is 3.79. The van der Waals surface area contributed by atoms with Gasteiger partial charge in [-0.3, -0.25) is 9.78 Å². The van der Waals surface area contributed by atoms with Crippen LogP contribution in [0.4, 0.5) is 0 Å². The molecule has 1 saturated heterocycles. The first-order valence-electron chi connectivity index (χ1n) is 5.61. The molecular formula is C12H15BrN2O2. The molecule has 0 N–H and O–H groups in total. The zero-order valence-corrected chi connectivity index (χ0v) is 11.5. The first kappa shape index (κ1) is 12.5. The van der Waals surface area contributed by atoms with Crippen LogP contribution in [0, 0.1) is 0 Å². The van der Waals surface area contributed by atoms with Crippen molar-refractivity contribution in [1.82, 2.24) is 9.88 Å². The standard InChI is InChI=1S/C12H15BrN2O2/c1-8-7-17-9(2)6-15(8)12(16)10-3-11(13)5-14-4-10/h3-5,8-9H,6-7H2,1-2H3. The first-order chi connectivity index (χ1) is 8.08. The highest BCUT2D eigenvalue weighted by atomic mass is 79.9. The average molecular weight is 299 g/mol. The van der Waals surface area contributed by atoms with Gasteiger partial charge in [-0.15, -0.1) is 0 Å². The Bertz CT molecular complexity index is 425. The van der Waals surface area contributed by atoms with Crippen LogP contribution in [-0.2, 0) is 4.74 Å². The van der Waals surface area contributed by atoms with E-state index in [0.717, 1.165) is 4.47 Å². The fourth-order valence-corrected chi connectivity index (χ4v) is 2.25. The summed E-state index contributed by atoms with van der Waals surface area (Å²) < 4.78 is 6.33. The molecule has 2 rings (SSSR count). The largest absolute Gasteiger partial charge is 0.375 e. The molecule has 17 heavy (non-hydrogen) atoms. The van der Waals surface area contributed by atoms with Gasteiger partial charge in [0.05, 0.1) is 24.3 Å². The Balaban J connectivity index is 2.18. The number of carbonyl (C=O) groups is 1. The second-order valence-electron chi connectivity index (χ2n) is 4.34. The lowest BCUT2D eigenvalue weighted by molar-refractivity contribution is -0.0387. The lowest BCUT2D eigenvalue weighted by Gasteiger charge is -2.36. The van der Waals surface area contributed by atoms with E-state index in [9.17, 15) is 4.79 Å². The summed E-state index contributed by atoms with van der Waals surface area (Å²) in [7, 11) is 0. The summed E-state index contributed by atoms with van der Waals surface area (Å²) in [6.45, 7) is 5.20. The summed E-state index contributed by atoms with van der Waals surface area (Å²) in [5.41, 5.74) is 0.611. The van der Waals surface area contributed by atoms with Gasteiger partial charge in [0.15, 0.2) is 0 Å². The number of pyridine rings is 1. The second-order valence-corrected chi connectivity index (χ2v) is 5.26. The zero-order chi connectivity index (χ0) is 12.4. The van der Waals surface area contributed by atoms with Crippen molar-refractivity contribution in [3.63, 3.8) is 0 Å². The smallest absolute Gasteiger partial charge is 0.255 e. The third-order valence-electron chi connectivity index (χ3n) is 2.82. The zero-order valence-electron chi connectivity index (χ0n) is 9.89. The van der Waals surface area contributed by atoms with Gasteiger partial charge >= 0.3 is 0 Å². The summed E-state index contributed by atoms with van der Waals surface area (Å²) in [5, 5.41) is 0. The Hall–Kier alpha value is -0.940. The van der Waals surface area contributed by atoms with E-state index in [-0.39, 0.29) is 18.1 Å². The molecule has 0 aliphatic carbocycles. The molecule has 1 aromatic rings. The molecule has 2 heterocycles. The van der Waals surface area contributed by atoms with Gasteiger partial charge in [0.25, 0.3) is 5.91 Å². The quantitative estimate of drug-likeness (QED) is 0.797. The number of hydrogen-bond acceptors (Lipinski definition) is 3. The number of rotatable bonds is 1. The normalized spacial score (nSPS) is 24.8. The summed E-state index contributed by atoms with van der Waals surface area (Å²) in [6, 6.07) is 1.90. The Labute approximate surface area is 109 Å². The summed E-state index contributed by atoms with van der Waals surface area (Å²) in [4.78, 5) is 18.2. The number of ether oxygens (including phenoxy) is 1. The molecule has 0 radical (unpaired) electrons. The third-order valence-corrected chi connectivity index (χ3v) is 3.25. The van der Waals surface area contributed by atoms with Crippen LogP contribution in [0.25, 0.3) is 0 Å². The molecule has 1 amide bonds. The monoisotopic (exact) mass is 298 g/mol. The van der Waals surface area contributed by atoms with Crippen LogP contribution < -0.4 is 0 Å². The minimum absolute atomic E-state index is 0.0152. The number of amides is 1. The van der Waals surface area contributed by atoms with E-state index in [2.05, 4.69) is 20.9 Å². The highest BCUT2D eigenvalue weighted by molar-refractivity contribution is 9.10. The van der Waals surface area contributed by atoms with Crippen LogP contribution in [0.2, 0.25) is 0 Å². The highest BCUT2D eigenvalue weighted by Gasteiger charge is 2.28. The van der Waals surface area contributed by atoms with Crippen molar-refractivity contribution in [2.75, 3.05) is 13.2 Å². The second kappa shape index (κ2) is 5.14. The average Bonchev–Trinajstić information content (AvgIpc) is 2.31. The Morgan fingerprint density at radius 1 is 1.53 bits per heavy atom. The van der Waals surface area contributed by atoms with Gasteiger partial charge in [-0.05, 0) is 35.8 Å². The van der Waals surface area contributed by atoms with Gasteiger partial charge in [0.1, 0.15) is 0 Å². The van der Waals surface area contributed by atoms with Crippen molar-refractivity contribution >= 4 is 21.8 Å². The van der Waals surface area contributed by atoms with Crippen molar-refractivity contribution in [1.29, 1.82) is 0 Å². The molecule has 1 fully saturated rings. The van der Waals surface area contributed by atoms with Gasteiger partial charge in [0, 0.05) is 23.4 Å². The van der Waals surface area contributed by atoms with Crippen LogP contribution in [0.5, 0.6) is 0 Å². The summed E-state index contributed by atoms with van der Waals surface area (Å²) >= 11 is 3.32. The molecule has 0 saturated carbocycles. The van der Waals surface area contributed by atoms with Crippen LogP contribution >= 0.6 is 15.9 Å². The van der Waals surface area contributed by atoms with Gasteiger partial charge < -0.3 is 9.64 Å². The Morgan fingerprint density at radius 2 is 2.29 bits per heavy atom. The highest BCUT2D eigenvalue weighted by Crippen LogP contribution is 2.17. The number of hydrogen-bond donors (Lipinski definition) is 0. The number of carbonyl (C=O) groups excluding carboxylic acids is 1. The van der Waals surface area contributed by atoms with E-state index in [1.165, 1.54) is 0 Å². The van der Waals surface area contributed by atoms with Crippen LogP contribution in [0.3, 0.4) is 0 Å². The van der Waals surface area contributed by atoms with E-state index in [0.29, 0.717) is 18.7 Å². The van der Waals surface area contributed by atoms with Crippen molar-refractivity contribution in [3.05, 3.63) is 28.5 Å². The number of halogens is 1. The van der Waals surface area contributed by atoms with E-state index in [1.54, 1.807) is 18.5 Å². The van der Waals surface area contributed by atoms with Crippen molar-refractivity contribution in [2.24, 2.45) is 0 Å². The predicted octanol–water partition coefficient (Wildman–Crippen LogP) is 2.09. The SMILES string of the molecule is CC1CN(C(=O)c2cncc(Br)c2)C(C)CO1. The van der Waals surface area contributed by atoms with E-state index >= 15 is 0 Å². The maximum absolute atomic E-state index is 12.3. The van der Waals surface area contributed by atoms with Gasteiger partial charge in [-0.1, -0.05) is 0 Å². The van der Waals surface area contributed by atoms with Crippen molar-refractivity contribution in [2.45, 2.75) is 26.0 Å². The summed E-state index contributed by atoms with van der Waals surface area (Å²) in [6.07, 6.45) is 3.36. The third kappa shape index (κ3) is 2.84. The molecule has 4 nitrogen and oxygen atoms in total. The number of nitrogens with zero attached hydrogens (tertiary/aromatic N) is 2. The van der Waals surface area contributed by atoms with Gasteiger partial charge in [-0.2, -0.15) is 0 Å². The van der Waals surface area contributed by atoms with E-state index in [1.807, 2.05) is 18.7 Å². The van der Waals surface area contributed by atoms with E-state index < -0.39 is 0 Å². The fourth-order valence-electron chi connectivity index (χ4n) is 1.88. The predicted molar refractivity (Wildman–Crippen MR) is 67.8 cm³/mol. The van der Waals surface area contributed by atoms with Crippen molar-refractivity contribution in [3.8, 4) is 0 Å². The molecule has 0 bridgehead atoms. The topological polar surface area (TPSA) is 42.4 Å². The molecule has 1 aliphatic rings. The number of aromatic nitrogens is 1. The number of morpholine rings is 1. The fraction of sp³-hybridized carbons (Fsp3) is 0.500. The first-order valence-corrected chi connectivity index (χ1v) is 6.40. The van der Waals surface area contributed by atoms with E-state index in [4.69, 9.17) is 4.74 Å². The minimum atomic E-state index is 0.0152. The molecule has 1 aromatic heterocycles. The van der Waals surface area contributed by atoms with Crippen LogP contribution in [0.15, 0.2) is 22.9 Å². The lowest BCUT2D eigenvalue weighted by atomic mass is 10.1. The molecular weight excluding hydrogens is 284 g/mol. The van der Waals surface area contributed by atoms with Crippen LogP contribution in [0.1, 0.15) is 24.2 Å². The molecule has 2 atom stereocenters. The molecule has 1 aliphatic heterocycles. The minimum Gasteiger partial charge on any atom is -0.375 e. The maximum Gasteiger partial charge on any atom is 0.255 e. The maximum atomic E-state index is 12.3. The van der Waals surface area contributed by atoms with Crippen molar-refractivity contribution < 1.29 is 9.53 Å². The molecule has 2 unspecified atom stereocenters. The molecule has 0 aromatic carbocycles. The van der Waals surface area contributed by atoms with Gasteiger partial charge in [-0.25, -0.2) is 0 Å². The molecule has 0 spiro atoms. The molecule has 5 heteroatoms. The lowest BCUT2D eigenvalue weighted by Crippen LogP contribution is -2.50. The van der Waals surface area contributed by atoms with Crippen LogP contribution in [-0.4, -0.2) is 41.1 Å². The Morgan fingerprint density at radius 3 is 3.00 bits per heavy atom. The molecule has 92 valence electrons. The van der Waals surface area contributed by atoms with Gasteiger partial charge in [0.2, 0.25) is 0 Å².